The van der Waals surface area contributed by atoms with Crippen molar-refractivity contribution in [3.8, 4) is 0 Å². The molecule has 0 rings (SSSR count). The minimum Gasteiger partial charge on any atom is -0.354 e. The summed E-state index contributed by atoms with van der Waals surface area (Å²) in [5, 5.41) is 2.94. The molecule has 0 unspecified atom stereocenters. The fourth-order valence-electron chi connectivity index (χ4n) is 2.75. The first-order valence-corrected chi connectivity index (χ1v) is 10.1. The van der Waals surface area contributed by atoms with Gasteiger partial charge in [0.05, 0.1) is 0 Å². The van der Waals surface area contributed by atoms with Crippen LogP contribution in [0.3, 0.4) is 0 Å². The van der Waals surface area contributed by atoms with Crippen molar-refractivity contribution in [2.45, 2.75) is 117 Å². The summed E-state index contributed by atoms with van der Waals surface area (Å²) in [5.74, 6) is 0.206. The monoisotopic (exact) mass is 323 g/mol. The van der Waals surface area contributed by atoms with E-state index in [1.807, 2.05) is 13.8 Å². The summed E-state index contributed by atoms with van der Waals surface area (Å²) in [5.41, 5.74) is 0. The molecule has 0 saturated heterocycles. The number of rotatable bonds is 16. The lowest BCUT2D eigenvalue weighted by Crippen LogP contribution is -2.29. The van der Waals surface area contributed by atoms with E-state index in [1.54, 1.807) is 0 Å². The van der Waals surface area contributed by atoms with Crippen molar-refractivity contribution >= 4 is 5.91 Å². The van der Waals surface area contributed by atoms with Gasteiger partial charge >= 0.3 is 0 Å². The second-order valence-electron chi connectivity index (χ2n) is 7.06. The SMILES string of the molecule is CCCCCCCC/C=C/CCCCCCCC(=O)NC(C)C. The van der Waals surface area contributed by atoms with E-state index in [0.29, 0.717) is 6.42 Å². The van der Waals surface area contributed by atoms with Crippen LogP contribution in [0.1, 0.15) is 111 Å². The zero-order valence-corrected chi connectivity index (χ0v) is 16.0. The smallest absolute Gasteiger partial charge is 0.220 e. The highest BCUT2D eigenvalue weighted by Gasteiger charge is 2.01. The highest BCUT2D eigenvalue weighted by molar-refractivity contribution is 5.76. The van der Waals surface area contributed by atoms with Crippen molar-refractivity contribution in [2.24, 2.45) is 0 Å². The molecule has 0 aromatic heterocycles. The molecule has 2 heteroatoms. The Labute approximate surface area is 145 Å². The average Bonchev–Trinajstić information content (AvgIpc) is 2.50. The largest absolute Gasteiger partial charge is 0.354 e. The van der Waals surface area contributed by atoms with E-state index in [-0.39, 0.29) is 11.9 Å². The standard InChI is InChI=1S/C21H41NO/c1-4-5-6-7-8-9-10-11-12-13-14-15-16-17-18-19-21(23)22-20(2)3/h11-12,20H,4-10,13-19H2,1-3H3,(H,22,23)/b12-11+. The van der Waals surface area contributed by atoms with Gasteiger partial charge in [-0.25, -0.2) is 0 Å². The Balaban J connectivity index is 3.18. The van der Waals surface area contributed by atoms with Crippen LogP contribution < -0.4 is 5.32 Å². The summed E-state index contributed by atoms with van der Waals surface area (Å²) in [4.78, 5) is 11.5. The topological polar surface area (TPSA) is 29.1 Å². The lowest BCUT2D eigenvalue weighted by atomic mass is 10.1. The van der Waals surface area contributed by atoms with Crippen molar-refractivity contribution in [1.82, 2.24) is 5.32 Å². The molecule has 0 atom stereocenters. The first kappa shape index (κ1) is 22.2. The van der Waals surface area contributed by atoms with E-state index in [9.17, 15) is 4.79 Å². The maximum Gasteiger partial charge on any atom is 0.220 e. The maximum absolute atomic E-state index is 11.5. The third-order valence-electron chi connectivity index (χ3n) is 4.12. The van der Waals surface area contributed by atoms with Crippen LogP contribution in [0.5, 0.6) is 0 Å². The van der Waals surface area contributed by atoms with Crippen molar-refractivity contribution in [3.63, 3.8) is 0 Å². The zero-order valence-electron chi connectivity index (χ0n) is 16.0. The van der Waals surface area contributed by atoms with Gasteiger partial charge in [-0.05, 0) is 46.0 Å². The number of amides is 1. The van der Waals surface area contributed by atoms with Gasteiger partial charge in [-0.1, -0.05) is 70.4 Å². The molecular formula is C21H41NO. The summed E-state index contributed by atoms with van der Waals surface area (Å²) >= 11 is 0. The fraction of sp³-hybridized carbons (Fsp3) is 0.857. The Bertz CT molecular complexity index is 284. The number of hydrogen-bond donors (Lipinski definition) is 1. The molecule has 136 valence electrons. The van der Waals surface area contributed by atoms with E-state index in [4.69, 9.17) is 0 Å². The Morgan fingerprint density at radius 1 is 0.783 bits per heavy atom. The number of allylic oxidation sites excluding steroid dienone is 2. The van der Waals surface area contributed by atoms with Gasteiger partial charge in [-0.3, -0.25) is 4.79 Å². The first-order chi connectivity index (χ1) is 11.2. The summed E-state index contributed by atoms with van der Waals surface area (Å²) in [6.45, 7) is 6.29. The number of carbonyl (C=O) groups excluding carboxylic acids is 1. The van der Waals surface area contributed by atoms with Crippen LogP contribution >= 0.6 is 0 Å². The highest BCUT2D eigenvalue weighted by Crippen LogP contribution is 2.09. The van der Waals surface area contributed by atoms with Gasteiger partial charge in [0.25, 0.3) is 0 Å². The van der Waals surface area contributed by atoms with Gasteiger partial charge in [-0.15, -0.1) is 0 Å². The van der Waals surface area contributed by atoms with Gasteiger partial charge in [0.15, 0.2) is 0 Å². The van der Waals surface area contributed by atoms with Crippen LogP contribution in [-0.2, 0) is 4.79 Å². The molecule has 1 N–H and O–H groups in total. The quantitative estimate of drug-likeness (QED) is 0.253. The van der Waals surface area contributed by atoms with Crippen LogP contribution in [0.4, 0.5) is 0 Å². The third-order valence-corrected chi connectivity index (χ3v) is 4.12. The van der Waals surface area contributed by atoms with Gasteiger partial charge < -0.3 is 5.32 Å². The normalized spacial score (nSPS) is 11.5. The fourth-order valence-corrected chi connectivity index (χ4v) is 2.75. The Kier molecular flexibility index (Phi) is 17.0. The van der Waals surface area contributed by atoms with Gasteiger partial charge in [0.1, 0.15) is 0 Å². The Morgan fingerprint density at radius 3 is 1.78 bits per heavy atom. The molecule has 2 nitrogen and oxygen atoms in total. The summed E-state index contributed by atoms with van der Waals surface area (Å²) in [7, 11) is 0. The van der Waals surface area contributed by atoms with Crippen molar-refractivity contribution in [2.75, 3.05) is 0 Å². The Morgan fingerprint density at radius 2 is 1.26 bits per heavy atom. The average molecular weight is 324 g/mol. The number of carbonyl (C=O) groups is 1. The predicted molar refractivity (Wildman–Crippen MR) is 103 cm³/mol. The van der Waals surface area contributed by atoms with E-state index in [1.165, 1.54) is 77.0 Å². The van der Waals surface area contributed by atoms with E-state index >= 15 is 0 Å². The second kappa shape index (κ2) is 17.6. The molecule has 0 aliphatic heterocycles. The molecule has 0 aliphatic carbocycles. The van der Waals surface area contributed by atoms with E-state index in [2.05, 4.69) is 24.4 Å². The van der Waals surface area contributed by atoms with Crippen LogP contribution in [0.25, 0.3) is 0 Å². The zero-order chi connectivity index (χ0) is 17.2. The molecule has 0 radical (unpaired) electrons. The molecule has 0 aliphatic rings. The van der Waals surface area contributed by atoms with Gasteiger partial charge in [-0.2, -0.15) is 0 Å². The van der Waals surface area contributed by atoms with Gasteiger partial charge in [0, 0.05) is 12.5 Å². The maximum atomic E-state index is 11.5. The van der Waals surface area contributed by atoms with Crippen LogP contribution in [0, 0.1) is 0 Å². The van der Waals surface area contributed by atoms with Crippen LogP contribution in [0.2, 0.25) is 0 Å². The molecule has 1 amide bonds. The van der Waals surface area contributed by atoms with Crippen molar-refractivity contribution in [1.29, 1.82) is 0 Å². The molecule has 23 heavy (non-hydrogen) atoms. The molecule has 0 heterocycles. The van der Waals surface area contributed by atoms with Crippen LogP contribution in [-0.4, -0.2) is 11.9 Å². The highest BCUT2D eigenvalue weighted by atomic mass is 16.1. The molecular weight excluding hydrogens is 282 g/mol. The molecule has 0 bridgehead atoms. The minimum absolute atomic E-state index is 0.206. The van der Waals surface area contributed by atoms with E-state index in [0.717, 1.165) is 6.42 Å². The van der Waals surface area contributed by atoms with E-state index < -0.39 is 0 Å². The van der Waals surface area contributed by atoms with Crippen molar-refractivity contribution < 1.29 is 4.79 Å². The summed E-state index contributed by atoms with van der Waals surface area (Å²) in [6.07, 6.45) is 22.3. The molecule has 0 fully saturated rings. The Hall–Kier alpha value is -0.790. The molecule has 0 aromatic carbocycles. The predicted octanol–water partition coefficient (Wildman–Crippen LogP) is 6.55. The number of unbranched alkanes of at least 4 members (excludes halogenated alkanes) is 11. The minimum atomic E-state index is 0.206. The lowest BCUT2D eigenvalue weighted by Gasteiger charge is -2.07. The molecule has 0 aromatic rings. The summed E-state index contributed by atoms with van der Waals surface area (Å²) in [6, 6.07) is 0.269. The van der Waals surface area contributed by atoms with Crippen molar-refractivity contribution in [3.05, 3.63) is 12.2 Å². The lowest BCUT2D eigenvalue weighted by molar-refractivity contribution is -0.121. The molecule has 0 spiro atoms. The second-order valence-corrected chi connectivity index (χ2v) is 7.06. The number of nitrogens with one attached hydrogen (secondary N) is 1. The number of hydrogen-bond acceptors (Lipinski definition) is 1. The third kappa shape index (κ3) is 19.2. The molecule has 0 saturated carbocycles. The first-order valence-electron chi connectivity index (χ1n) is 10.1. The summed E-state index contributed by atoms with van der Waals surface area (Å²) < 4.78 is 0. The van der Waals surface area contributed by atoms with Crippen LogP contribution in [0.15, 0.2) is 12.2 Å². The van der Waals surface area contributed by atoms with Gasteiger partial charge in [0.2, 0.25) is 5.91 Å².